The van der Waals surface area contributed by atoms with E-state index in [0.29, 0.717) is 11.0 Å². The molecule has 0 aliphatic heterocycles. The van der Waals surface area contributed by atoms with Gasteiger partial charge in [-0.2, -0.15) is 0 Å². The number of carbonyl (C=O) groups excluding carboxylic acids is 2. The Labute approximate surface area is 406 Å². The zero-order valence-electron chi connectivity index (χ0n) is 43.6. The van der Waals surface area contributed by atoms with Crippen LogP contribution in [0.2, 0.25) is 0 Å². The first-order chi connectivity index (χ1) is 32.1. The fraction of sp³-hybridized carbons (Fsp3) is 0.807. The molecule has 0 rings (SSSR count). The molecule has 0 spiro atoms. The lowest BCUT2D eigenvalue weighted by Gasteiger charge is -2.25. The van der Waals surface area contributed by atoms with E-state index < -0.39 is 24.3 Å². The molecule has 0 fully saturated rings. The largest absolute Gasteiger partial charge is 0.477 e. The Bertz CT molecular complexity index is 1220. The lowest BCUT2D eigenvalue weighted by Crippen LogP contribution is -2.40. The number of hydrogen-bond acceptors (Lipinski definition) is 7. The third-order valence-corrected chi connectivity index (χ3v) is 11.8. The van der Waals surface area contributed by atoms with Crippen LogP contribution in [0, 0.1) is 0 Å². The van der Waals surface area contributed by atoms with Crippen LogP contribution in [0.3, 0.4) is 0 Å². The molecule has 384 valence electrons. The van der Waals surface area contributed by atoms with E-state index in [4.69, 9.17) is 18.9 Å². The SMILES string of the molecule is CCCCCC/C=C\C/C=C\CCCCCCCC(=O)OCC(COC(OCC[N+](C)(C)C)C(=O)O)OC(=O)CCCCCCCCCCCCCCC/C=C\C/C=C\CCCCCCC. The summed E-state index contributed by atoms with van der Waals surface area (Å²) in [5, 5.41) is 9.68. The molecule has 0 aliphatic carbocycles. The van der Waals surface area contributed by atoms with Gasteiger partial charge in [-0.05, 0) is 77.0 Å². The van der Waals surface area contributed by atoms with Crippen molar-refractivity contribution in [1.82, 2.24) is 0 Å². The number of carboxylic acids is 1. The van der Waals surface area contributed by atoms with Crippen LogP contribution >= 0.6 is 0 Å². The monoisotopic (exact) mass is 931 g/mol. The molecule has 0 aromatic heterocycles. The molecule has 9 heteroatoms. The van der Waals surface area contributed by atoms with Gasteiger partial charge in [0.15, 0.2) is 6.10 Å². The van der Waals surface area contributed by atoms with Crippen molar-refractivity contribution in [3.05, 3.63) is 48.6 Å². The minimum Gasteiger partial charge on any atom is -0.477 e. The minimum absolute atomic E-state index is 0.185. The van der Waals surface area contributed by atoms with Gasteiger partial charge in [0.05, 0.1) is 34.4 Å². The van der Waals surface area contributed by atoms with Crippen molar-refractivity contribution in [1.29, 1.82) is 0 Å². The molecular formula is C57H104NO8+. The molecular weight excluding hydrogens is 827 g/mol. The average molecular weight is 931 g/mol. The number of unbranched alkanes of at least 4 members (excludes halogenated alkanes) is 27. The van der Waals surface area contributed by atoms with Crippen LogP contribution in [0.15, 0.2) is 48.6 Å². The van der Waals surface area contributed by atoms with E-state index in [1.807, 2.05) is 21.1 Å². The first-order valence-electron chi connectivity index (χ1n) is 27.3. The zero-order chi connectivity index (χ0) is 48.4. The molecule has 0 saturated carbocycles. The minimum atomic E-state index is -1.51. The number of carboxylic acid groups (broad SMARTS) is 1. The summed E-state index contributed by atoms with van der Waals surface area (Å²) >= 11 is 0. The first kappa shape index (κ1) is 63.2. The van der Waals surface area contributed by atoms with Crippen molar-refractivity contribution in [3.8, 4) is 0 Å². The summed E-state index contributed by atoms with van der Waals surface area (Å²) in [5.41, 5.74) is 0. The smallest absolute Gasteiger partial charge is 0.361 e. The maximum atomic E-state index is 12.8. The van der Waals surface area contributed by atoms with Gasteiger partial charge in [-0.15, -0.1) is 0 Å². The van der Waals surface area contributed by atoms with E-state index >= 15 is 0 Å². The molecule has 66 heavy (non-hydrogen) atoms. The summed E-state index contributed by atoms with van der Waals surface area (Å²) in [6.07, 6.45) is 56.1. The van der Waals surface area contributed by atoms with Gasteiger partial charge >= 0.3 is 17.9 Å². The van der Waals surface area contributed by atoms with E-state index in [2.05, 4.69) is 62.5 Å². The Kier molecular flexibility index (Phi) is 46.7. The normalized spacial score (nSPS) is 13.2. The van der Waals surface area contributed by atoms with Crippen LogP contribution in [0.1, 0.15) is 239 Å². The molecule has 0 aliphatic rings. The van der Waals surface area contributed by atoms with Crippen molar-refractivity contribution in [2.24, 2.45) is 0 Å². The second-order valence-electron chi connectivity index (χ2n) is 19.5. The van der Waals surface area contributed by atoms with E-state index in [0.717, 1.165) is 70.6 Å². The van der Waals surface area contributed by atoms with E-state index in [-0.39, 0.29) is 38.6 Å². The fourth-order valence-corrected chi connectivity index (χ4v) is 7.54. The number of aliphatic carboxylic acids is 1. The standard InChI is InChI=1S/C57H103NO8/c1-6-8-10-12-14-16-18-20-22-24-25-26-27-28-29-30-31-32-34-36-38-40-42-44-46-48-55(60)66-53(52-65-57(56(61)62)63-50-49-58(3,4)5)51-64-54(59)47-45-43-41-39-37-35-33-23-21-19-17-15-13-11-9-7-2/h17-20,23-25,33,53,57H,6-16,21-22,26-32,34-52H2,1-5H3/p+1/b19-17-,20-18-,25-24-,33-23-. The number of esters is 2. The van der Waals surface area contributed by atoms with Crippen molar-refractivity contribution >= 4 is 17.9 Å². The molecule has 1 N–H and O–H groups in total. The number of hydrogen-bond donors (Lipinski definition) is 1. The van der Waals surface area contributed by atoms with Gasteiger partial charge in [0, 0.05) is 12.8 Å². The summed E-state index contributed by atoms with van der Waals surface area (Å²) in [7, 11) is 5.96. The Morgan fingerprint density at radius 2 is 0.818 bits per heavy atom. The highest BCUT2D eigenvalue weighted by Crippen LogP contribution is 2.15. The lowest BCUT2D eigenvalue weighted by atomic mass is 10.0. The molecule has 0 aromatic rings. The predicted molar refractivity (Wildman–Crippen MR) is 277 cm³/mol. The molecule has 0 aromatic carbocycles. The van der Waals surface area contributed by atoms with Gasteiger partial charge in [0.1, 0.15) is 13.2 Å². The van der Waals surface area contributed by atoms with Gasteiger partial charge in [-0.1, -0.05) is 197 Å². The molecule has 0 saturated heterocycles. The highest BCUT2D eigenvalue weighted by Gasteiger charge is 2.25. The van der Waals surface area contributed by atoms with Gasteiger partial charge in [0.25, 0.3) is 6.29 Å². The van der Waals surface area contributed by atoms with Crippen molar-refractivity contribution in [2.75, 3.05) is 47.5 Å². The number of rotatable bonds is 50. The Balaban J connectivity index is 4.27. The van der Waals surface area contributed by atoms with E-state index in [9.17, 15) is 19.5 Å². The first-order valence-corrected chi connectivity index (χ1v) is 27.3. The fourth-order valence-electron chi connectivity index (χ4n) is 7.54. The molecule has 0 radical (unpaired) electrons. The van der Waals surface area contributed by atoms with Crippen molar-refractivity contribution < 1.29 is 42.9 Å². The van der Waals surface area contributed by atoms with Crippen LogP contribution < -0.4 is 0 Å². The maximum Gasteiger partial charge on any atom is 0.361 e. The van der Waals surface area contributed by atoms with Crippen LogP contribution in [-0.2, 0) is 33.3 Å². The number of ether oxygens (including phenoxy) is 4. The number of likely N-dealkylation sites (N-methyl/N-ethyl adjacent to an activating group) is 1. The molecule has 0 heterocycles. The lowest BCUT2D eigenvalue weighted by molar-refractivity contribution is -0.870. The molecule has 9 nitrogen and oxygen atoms in total. The summed E-state index contributed by atoms with van der Waals surface area (Å²) in [6, 6.07) is 0. The molecule has 0 bridgehead atoms. The molecule has 2 unspecified atom stereocenters. The van der Waals surface area contributed by atoms with Crippen LogP contribution in [0.5, 0.6) is 0 Å². The third-order valence-electron chi connectivity index (χ3n) is 11.8. The van der Waals surface area contributed by atoms with Gasteiger partial charge in [-0.25, -0.2) is 4.79 Å². The maximum absolute atomic E-state index is 12.8. The number of quaternary nitrogens is 1. The van der Waals surface area contributed by atoms with E-state index in [1.165, 1.54) is 141 Å². The van der Waals surface area contributed by atoms with Crippen molar-refractivity contribution in [2.45, 2.75) is 251 Å². The second-order valence-corrected chi connectivity index (χ2v) is 19.5. The van der Waals surface area contributed by atoms with Crippen LogP contribution in [0.25, 0.3) is 0 Å². The second kappa shape index (κ2) is 48.7. The van der Waals surface area contributed by atoms with E-state index in [1.54, 1.807) is 0 Å². The summed E-state index contributed by atoms with van der Waals surface area (Å²) in [4.78, 5) is 37.3. The third kappa shape index (κ3) is 49.2. The number of carbonyl (C=O) groups is 3. The van der Waals surface area contributed by atoms with Crippen LogP contribution in [0.4, 0.5) is 0 Å². The quantitative estimate of drug-likeness (QED) is 0.0211. The molecule has 0 amide bonds. The van der Waals surface area contributed by atoms with Gasteiger partial charge in [-0.3, -0.25) is 9.59 Å². The highest BCUT2D eigenvalue weighted by atomic mass is 16.7. The Morgan fingerprint density at radius 3 is 1.21 bits per heavy atom. The zero-order valence-corrected chi connectivity index (χ0v) is 43.6. The topological polar surface area (TPSA) is 108 Å². The summed E-state index contributed by atoms with van der Waals surface area (Å²) in [5.74, 6) is -2.02. The highest BCUT2D eigenvalue weighted by molar-refractivity contribution is 5.71. The summed E-state index contributed by atoms with van der Waals surface area (Å²) < 4.78 is 22.8. The summed E-state index contributed by atoms with van der Waals surface area (Å²) in [6.45, 7) is 4.85. The van der Waals surface area contributed by atoms with Gasteiger partial charge < -0.3 is 28.5 Å². The number of allylic oxidation sites excluding steroid dienone is 8. The average Bonchev–Trinajstić information content (AvgIpc) is 3.28. The number of nitrogens with zero attached hydrogens (tertiary/aromatic N) is 1. The van der Waals surface area contributed by atoms with Crippen LogP contribution in [-0.4, -0.2) is 87.4 Å². The molecule has 2 atom stereocenters. The van der Waals surface area contributed by atoms with Crippen molar-refractivity contribution in [3.63, 3.8) is 0 Å². The predicted octanol–water partition coefficient (Wildman–Crippen LogP) is 15.5. The van der Waals surface area contributed by atoms with Gasteiger partial charge in [0.2, 0.25) is 0 Å². The Hall–Kier alpha value is -2.75. The Morgan fingerprint density at radius 1 is 0.455 bits per heavy atom.